The molecule has 3 rings (SSSR count). The summed E-state index contributed by atoms with van der Waals surface area (Å²) in [5.41, 5.74) is 2.97. The van der Waals surface area contributed by atoms with Gasteiger partial charge in [0.25, 0.3) is 0 Å². The molecule has 6 nitrogen and oxygen atoms in total. The zero-order chi connectivity index (χ0) is 20.6. The maximum absolute atomic E-state index is 12.4. The van der Waals surface area contributed by atoms with Crippen LogP contribution in [0.3, 0.4) is 0 Å². The Kier molecular flexibility index (Phi) is 7.19. The molecule has 29 heavy (non-hydrogen) atoms. The molecule has 1 aliphatic heterocycles. The zero-order valence-electron chi connectivity index (χ0n) is 16.3. The molecule has 2 N–H and O–H groups in total. The highest BCUT2D eigenvalue weighted by atomic mass is 32.1. The maximum Gasteiger partial charge on any atom is 0.243 e. The average Bonchev–Trinajstić information content (AvgIpc) is 3.20. The molecular formula is C22H25N3O3S. The van der Waals surface area contributed by atoms with Crippen molar-refractivity contribution >= 4 is 29.1 Å². The highest BCUT2D eigenvalue weighted by Crippen LogP contribution is 2.24. The fourth-order valence-electron chi connectivity index (χ4n) is 3.32. The van der Waals surface area contributed by atoms with Crippen LogP contribution < -0.4 is 10.6 Å². The van der Waals surface area contributed by atoms with Gasteiger partial charge in [-0.15, -0.1) is 11.3 Å². The van der Waals surface area contributed by atoms with Crippen molar-refractivity contribution < 1.29 is 14.4 Å². The first-order valence-electron chi connectivity index (χ1n) is 9.63. The van der Waals surface area contributed by atoms with E-state index in [0.717, 1.165) is 24.1 Å². The van der Waals surface area contributed by atoms with Crippen molar-refractivity contribution in [3.63, 3.8) is 0 Å². The molecule has 0 fully saturated rings. The van der Waals surface area contributed by atoms with Gasteiger partial charge in [-0.1, -0.05) is 30.8 Å². The molecule has 0 saturated carbocycles. The van der Waals surface area contributed by atoms with Gasteiger partial charge in [0.2, 0.25) is 17.7 Å². The number of hydrogen-bond donors (Lipinski definition) is 2. The van der Waals surface area contributed by atoms with Crippen LogP contribution >= 0.6 is 11.3 Å². The Bertz CT molecular complexity index is 906. The molecule has 7 heteroatoms. The van der Waals surface area contributed by atoms with Gasteiger partial charge in [-0.25, -0.2) is 0 Å². The molecule has 2 heterocycles. The number of nitrogens with zero attached hydrogens (tertiary/aromatic N) is 1. The van der Waals surface area contributed by atoms with Crippen LogP contribution in [0.15, 0.2) is 48.4 Å². The third kappa shape index (κ3) is 5.77. The number of carbonyl (C=O) groups is 3. The minimum atomic E-state index is -0.255. The molecule has 152 valence electrons. The van der Waals surface area contributed by atoms with Crippen LogP contribution in [0, 0.1) is 0 Å². The summed E-state index contributed by atoms with van der Waals surface area (Å²) < 4.78 is 0. The third-order valence-corrected chi connectivity index (χ3v) is 5.95. The minimum Gasteiger partial charge on any atom is -0.355 e. The molecule has 0 bridgehead atoms. The predicted molar refractivity (Wildman–Crippen MR) is 113 cm³/mol. The number of benzene rings is 1. The van der Waals surface area contributed by atoms with Crippen LogP contribution in [0.4, 0.5) is 0 Å². The van der Waals surface area contributed by atoms with Crippen molar-refractivity contribution in [2.24, 2.45) is 0 Å². The van der Waals surface area contributed by atoms with Crippen LogP contribution in [0.2, 0.25) is 0 Å². The SMILES string of the molecule is C=CC(=O)NCc1ccccc1CC(=O)NCCC(=O)N1CCc2sccc2C1. The number of hydrogen-bond acceptors (Lipinski definition) is 4. The summed E-state index contributed by atoms with van der Waals surface area (Å²) in [5, 5.41) is 7.62. The molecule has 3 amide bonds. The smallest absolute Gasteiger partial charge is 0.243 e. The molecule has 0 aliphatic carbocycles. The van der Waals surface area contributed by atoms with Crippen molar-refractivity contribution in [3.8, 4) is 0 Å². The summed E-state index contributed by atoms with van der Waals surface area (Å²) in [5.74, 6) is -0.330. The van der Waals surface area contributed by atoms with E-state index in [1.54, 1.807) is 11.3 Å². The van der Waals surface area contributed by atoms with E-state index in [0.29, 0.717) is 26.1 Å². The maximum atomic E-state index is 12.4. The highest BCUT2D eigenvalue weighted by Gasteiger charge is 2.21. The number of nitrogens with one attached hydrogen (secondary N) is 2. The van der Waals surface area contributed by atoms with Crippen molar-refractivity contribution in [3.05, 3.63) is 69.9 Å². The van der Waals surface area contributed by atoms with E-state index in [9.17, 15) is 14.4 Å². The molecule has 0 atom stereocenters. The van der Waals surface area contributed by atoms with E-state index in [1.165, 1.54) is 16.5 Å². The molecule has 1 aromatic carbocycles. The second-order valence-corrected chi connectivity index (χ2v) is 7.90. The summed E-state index contributed by atoms with van der Waals surface area (Å²) in [6.07, 6.45) is 2.62. The molecule has 0 radical (unpaired) electrons. The summed E-state index contributed by atoms with van der Waals surface area (Å²) in [4.78, 5) is 39.3. The van der Waals surface area contributed by atoms with Crippen molar-refractivity contribution in [1.29, 1.82) is 0 Å². The summed E-state index contributed by atoms with van der Waals surface area (Å²) in [7, 11) is 0. The van der Waals surface area contributed by atoms with E-state index in [4.69, 9.17) is 0 Å². The van der Waals surface area contributed by atoms with Crippen molar-refractivity contribution in [2.75, 3.05) is 13.1 Å². The lowest BCUT2D eigenvalue weighted by Gasteiger charge is -2.27. The van der Waals surface area contributed by atoms with Gasteiger partial charge in [0, 0.05) is 37.5 Å². The lowest BCUT2D eigenvalue weighted by atomic mass is 10.0. The van der Waals surface area contributed by atoms with E-state index in [2.05, 4.69) is 28.7 Å². The van der Waals surface area contributed by atoms with Crippen molar-refractivity contribution in [2.45, 2.75) is 32.4 Å². The molecule has 0 unspecified atom stereocenters. The topological polar surface area (TPSA) is 78.5 Å². The fraction of sp³-hybridized carbons (Fsp3) is 0.318. The Labute approximate surface area is 174 Å². The summed E-state index contributed by atoms with van der Waals surface area (Å²) >= 11 is 1.75. The van der Waals surface area contributed by atoms with E-state index in [-0.39, 0.29) is 24.1 Å². The quantitative estimate of drug-likeness (QED) is 0.654. The second-order valence-electron chi connectivity index (χ2n) is 6.90. The van der Waals surface area contributed by atoms with Gasteiger partial charge in [-0.3, -0.25) is 14.4 Å². The van der Waals surface area contributed by atoms with Crippen molar-refractivity contribution in [1.82, 2.24) is 15.5 Å². The van der Waals surface area contributed by atoms with Gasteiger partial charge in [-0.05, 0) is 40.6 Å². The molecule has 1 aliphatic rings. The standard InChI is InChI=1S/C22H25N3O3S/c1-2-20(26)24-14-17-6-4-3-5-16(17)13-21(27)23-10-7-22(28)25-11-8-19-18(15-25)9-12-29-19/h2-6,9,12H,1,7-8,10-11,13-15H2,(H,23,27)(H,24,26). The lowest BCUT2D eigenvalue weighted by molar-refractivity contribution is -0.132. The predicted octanol–water partition coefficient (Wildman–Crippen LogP) is 2.18. The molecule has 2 aromatic rings. The number of carbonyl (C=O) groups excluding carboxylic acids is 3. The average molecular weight is 412 g/mol. The van der Waals surface area contributed by atoms with Gasteiger partial charge in [-0.2, -0.15) is 0 Å². The number of rotatable bonds is 8. The third-order valence-electron chi connectivity index (χ3n) is 4.93. The molecule has 0 saturated heterocycles. The van der Waals surface area contributed by atoms with Crippen LogP contribution in [0.5, 0.6) is 0 Å². The van der Waals surface area contributed by atoms with Crippen LogP contribution in [-0.4, -0.2) is 35.7 Å². The first-order valence-corrected chi connectivity index (χ1v) is 10.5. The Morgan fingerprint density at radius 3 is 2.72 bits per heavy atom. The first-order chi connectivity index (χ1) is 14.1. The normalized spacial score (nSPS) is 12.8. The monoisotopic (exact) mass is 411 g/mol. The Morgan fingerprint density at radius 1 is 1.14 bits per heavy atom. The van der Waals surface area contributed by atoms with Gasteiger partial charge in [0.1, 0.15) is 0 Å². The molecular weight excluding hydrogens is 386 g/mol. The van der Waals surface area contributed by atoms with Crippen LogP contribution in [0.1, 0.15) is 28.0 Å². The van der Waals surface area contributed by atoms with E-state index >= 15 is 0 Å². The van der Waals surface area contributed by atoms with Crippen LogP contribution in [0.25, 0.3) is 0 Å². The van der Waals surface area contributed by atoms with Crippen LogP contribution in [-0.2, 0) is 40.3 Å². The zero-order valence-corrected chi connectivity index (χ0v) is 17.1. The van der Waals surface area contributed by atoms with E-state index < -0.39 is 0 Å². The number of thiophene rings is 1. The van der Waals surface area contributed by atoms with Gasteiger partial charge in [0.15, 0.2) is 0 Å². The fourth-order valence-corrected chi connectivity index (χ4v) is 4.21. The Morgan fingerprint density at radius 2 is 1.93 bits per heavy atom. The Balaban J connectivity index is 1.44. The van der Waals surface area contributed by atoms with Gasteiger partial charge >= 0.3 is 0 Å². The lowest BCUT2D eigenvalue weighted by Crippen LogP contribution is -2.37. The molecule has 0 spiro atoms. The van der Waals surface area contributed by atoms with E-state index in [1.807, 2.05) is 29.2 Å². The number of fused-ring (bicyclic) bond motifs is 1. The van der Waals surface area contributed by atoms with Gasteiger partial charge in [0.05, 0.1) is 6.42 Å². The summed E-state index contributed by atoms with van der Waals surface area (Å²) in [6.45, 7) is 5.49. The number of amides is 3. The Hall–Kier alpha value is -2.93. The van der Waals surface area contributed by atoms with Gasteiger partial charge < -0.3 is 15.5 Å². The first kappa shape index (κ1) is 20.8. The molecule has 1 aromatic heterocycles. The minimum absolute atomic E-state index is 0.0645. The summed E-state index contributed by atoms with van der Waals surface area (Å²) in [6, 6.07) is 9.56. The largest absolute Gasteiger partial charge is 0.355 e. The highest BCUT2D eigenvalue weighted by molar-refractivity contribution is 7.10. The second kappa shape index (κ2) is 10.0.